The summed E-state index contributed by atoms with van der Waals surface area (Å²) in [5.41, 5.74) is 1.84. The van der Waals surface area contributed by atoms with Crippen LogP contribution in [0.2, 0.25) is 0 Å². The molecule has 0 spiro atoms. The molecule has 0 saturated heterocycles. The van der Waals surface area contributed by atoms with E-state index in [2.05, 4.69) is 18.2 Å². The number of methoxy groups -OCH3 is 1. The van der Waals surface area contributed by atoms with Gasteiger partial charge in [0.1, 0.15) is 10.5 Å². The predicted octanol–water partition coefficient (Wildman–Crippen LogP) is 4.71. The third-order valence-electron chi connectivity index (χ3n) is 4.13. The van der Waals surface area contributed by atoms with Crippen LogP contribution in [0.4, 0.5) is 4.79 Å². The van der Waals surface area contributed by atoms with Crippen LogP contribution in [-0.2, 0) is 9.47 Å². The van der Waals surface area contributed by atoms with Crippen LogP contribution in [-0.4, -0.2) is 42.8 Å². The molecule has 1 amide bonds. The van der Waals surface area contributed by atoms with Crippen molar-refractivity contribution < 1.29 is 19.1 Å². The van der Waals surface area contributed by atoms with Crippen LogP contribution in [0, 0.1) is 0 Å². The Morgan fingerprint density at radius 2 is 1.96 bits per heavy atom. The van der Waals surface area contributed by atoms with Gasteiger partial charge in [0.05, 0.1) is 7.11 Å². The number of hydrogen-bond acceptors (Lipinski definition) is 5. The number of hydrogen-bond donors (Lipinski definition) is 0. The molecular formula is C20H23NO4S. The third kappa shape index (κ3) is 4.07. The zero-order valence-corrected chi connectivity index (χ0v) is 16.3. The molecule has 1 aromatic carbocycles. The lowest BCUT2D eigenvalue weighted by Crippen LogP contribution is -2.39. The Labute approximate surface area is 157 Å². The molecule has 26 heavy (non-hydrogen) atoms. The van der Waals surface area contributed by atoms with Gasteiger partial charge in [-0.3, -0.25) is 0 Å². The highest BCUT2D eigenvalue weighted by molar-refractivity contribution is 7.20. The van der Waals surface area contributed by atoms with Crippen molar-refractivity contribution in [1.82, 2.24) is 4.90 Å². The number of ether oxygens (including phenoxy) is 2. The molecule has 0 aliphatic carbocycles. The number of fused-ring (bicyclic) bond motifs is 1. The van der Waals surface area contributed by atoms with Crippen LogP contribution >= 0.6 is 11.3 Å². The van der Waals surface area contributed by atoms with E-state index in [9.17, 15) is 9.59 Å². The van der Waals surface area contributed by atoms with Gasteiger partial charge in [-0.05, 0) is 61.9 Å². The zero-order valence-electron chi connectivity index (χ0n) is 15.5. The summed E-state index contributed by atoms with van der Waals surface area (Å²) < 4.78 is 11.3. The van der Waals surface area contributed by atoms with Crippen LogP contribution in [0.25, 0.3) is 15.7 Å². The Hall–Kier alpha value is -2.34. The average molecular weight is 373 g/mol. The van der Waals surface area contributed by atoms with Gasteiger partial charge < -0.3 is 14.4 Å². The van der Waals surface area contributed by atoms with E-state index in [4.69, 9.17) is 9.47 Å². The standard InChI is InChI=1S/C20H23NO4S/c1-20(2,3)25-19(23)21-9-7-13(8-10-21)14-5-6-16-15(11-14)12-17(26-16)18(22)24-4/h5-7,11-12H,8-10H2,1-4H3. The van der Waals surface area contributed by atoms with E-state index >= 15 is 0 Å². The number of nitrogens with zero attached hydrogens (tertiary/aromatic N) is 1. The molecule has 3 rings (SSSR count). The number of amides is 1. The predicted molar refractivity (Wildman–Crippen MR) is 104 cm³/mol. The normalized spacial score (nSPS) is 14.9. The highest BCUT2D eigenvalue weighted by Crippen LogP contribution is 2.31. The molecule has 1 aromatic heterocycles. The summed E-state index contributed by atoms with van der Waals surface area (Å²) in [6.07, 6.45) is 2.57. The summed E-state index contributed by atoms with van der Waals surface area (Å²) in [5, 5.41) is 1.03. The molecule has 0 unspecified atom stereocenters. The van der Waals surface area contributed by atoms with E-state index < -0.39 is 5.60 Å². The maximum absolute atomic E-state index is 12.2. The molecule has 0 fully saturated rings. The number of esters is 1. The maximum Gasteiger partial charge on any atom is 0.410 e. The Morgan fingerprint density at radius 3 is 2.58 bits per heavy atom. The average Bonchev–Trinajstić information content (AvgIpc) is 3.03. The summed E-state index contributed by atoms with van der Waals surface area (Å²) >= 11 is 1.43. The monoisotopic (exact) mass is 373 g/mol. The lowest BCUT2D eigenvalue weighted by molar-refractivity contribution is 0.0270. The number of carbonyl (C=O) groups excluding carboxylic acids is 2. The Bertz CT molecular complexity index is 876. The number of carbonyl (C=O) groups is 2. The molecule has 0 N–H and O–H groups in total. The van der Waals surface area contributed by atoms with E-state index in [0.29, 0.717) is 18.0 Å². The van der Waals surface area contributed by atoms with Gasteiger partial charge in [0.25, 0.3) is 0 Å². The molecule has 5 nitrogen and oxygen atoms in total. The molecule has 0 radical (unpaired) electrons. The number of benzene rings is 1. The van der Waals surface area contributed by atoms with Crippen LogP contribution in [0.1, 0.15) is 42.4 Å². The molecule has 2 aromatic rings. The Balaban J connectivity index is 1.75. The van der Waals surface area contributed by atoms with Crippen molar-refractivity contribution in [2.75, 3.05) is 20.2 Å². The first-order chi connectivity index (χ1) is 12.3. The van der Waals surface area contributed by atoms with E-state index in [-0.39, 0.29) is 12.1 Å². The summed E-state index contributed by atoms with van der Waals surface area (Å²) in [5.74, 6) is -0.308. The second kappa shape index (κ2) is 7.11. The lowest BCUT2D eigenvalue weighted by atomic mass is 9.98. The minimum Gasteiger partial charge on any atom is -0.465 e. The zero-order chi connectivity index (χ0) is 18.9. The Morgan fingerprint density at radius 1 is 1.19 bits per heavy atom. The van der Waals surface area contributed by atoms with E-state index in [1.165, 1.54) is 24.0 Å². The van der Waals surface area contributed by atoms with Crippen molar-refractivity contribution in [1.29, 1.82) is 0 Å². The molecule has 0 atom stereocenters. The fourth-order valence-electron chi connectivity index (χ4n) is 2.87. The van der Waals surface area contributed by atoms with E-state index in [0.717, 1.165) is 22.1 Å². The summed E-state index contributed by atoms with van der Waals surface area (Å²) in [7, 11) is 1.39. The fraction of sp³-hybridized carbons (Fsp3) is 0.400. The highest BCUT2D eigenvalue weighted by atomic mass is 32.1. The topological polar surface area (TPSA) is 55.8 Å². The molecule has 138 valence electrons. The lowest BCUT2D eigenvalue weighted by Gasteiger charge is -2.29. The number of thiophene rings is 1. The van der Waals surface area contributed by atoms with E-state index in [1.54, 1.807) is 4.90 Å². The maximum atomic E-state index is 12.2. The van der Waals surface area contributed by atoms with Crippen molar-refractivity contribution in [2.45, 2.75) is 32.8 Å². The number of rotatable bonds is 2. The minimum absolute atomic E-state index is 0.274. The second-order valence-corrected chi connectivity index (χ2v) is 8.34. The quantitative estimate of drug-likeness (QED) is 0.715. The van der Waals surface area contributed by atoms with Gasteiger partial charge in [-0.25, -0.2) is 9.59 Å². The van der Waals surface area contributed by atoms with Crippen LogP contribution in [0.3, 0.4) is 0 Å². The molecule has 1 aliphatic heterocycles. The SMILES string of the molecule is COC(=O)c1cc2cc(C3=CCN(C(=O)OC(C)(C)C)CC3)ccc2s1. The summed E-state index contributed by atoms with van der Waals surface area (Å²) in [6, 6.07) is 8.05. The molecule has 6 heteroatoms. The molecule has 0 bridgehead atoms. The Kier molecular flexibility index (Phi) is 5.05. The van der Waals surface area contributed by atoms with Gasteiger partial charge in [0.2, 0.25) is 0 Å². The fourth-order valence-corrected chi connectivity index (χ4v) is 3.83. The first-order valence-corrected chi connectivity index (χ1v) is 9.38. The van der Waals surface area contributed by atoms with Gasteiger partial charge in [-0.15, -0.1) is 11.3 Å². The van der Waals surface area contributed by atoms with E-state index in [1.807, 2.05) is 32.9 Å². The second-order valence-electron chi connectivity index (χ2n) is 7.26. The van der Waals surface area contributed by atoms with Gasteiger partial charge >= 0.3 is 12.1 Å². The largest absolute Gasteiger partial charge is 0.465 e. The smallest absolute Gasteiger partial charge is 0.410 e. The van der Waals surface area contributed by atoms with Crippen molar-refractivity contribution >= 4 is 39.1 Å². The van der Waals surface area contributed by atoms with Crippen molar-refractivity contribution in [3.8, 4) is 0 Å². The van der Waals surface area contributed by atoms with Crippen molar-refractivity contribution in [3.05, 3.63) is 40.8 Å². The molecule has 0 saturated carbocycles. The first kappa shape index (κ1) is 18.5. The highest BCUT2D eigenvalue weighted by Gasteiger charge is 2.24. The summed E-state index contributed by atoms with van der Waals surface area (Å²) in [4.78, 5) is 26.2. The van der Waals surface area contributed by atoms with Crippen molar-refractivity contribution in [3.63, 3.8) is 0 Å². The molecule has 1 aliphatic rings. The van der Waals surface area contributed by atoms with Crippen molar-refractivity contribution in [2.24, 2.45) is 0 Å². The third-order valence-corrected chi connectivity index (χ3v) is 5.23. The van der Waals surface area contributed by atoms with Gasteiger partial charge in [0.15, 0.2) is 0 Å². The minimum atomic E-state index is -0.484. The van der Waals surface area contributed by atoms with Crippen LogP contribution < -0.4 is 0 Å². The van der Waals surface area contributed by atoms with Crippen LogP contribution in [0.5, 0.6) is 0 Å². The van der Waals surface area contributed by atoms with Crippen LogP contribution in [0.15, 0.2) is 30.3 Å². The van der Waals surface area contributed by atoms with Gasteiger partial charge in [0, 0.05) is 17.8 Å². The van der Waals surface area contributed by atoms with Gasteiger partial charge in [-0.1, -0.05) is 12.1 Å². The molecular weight excluding hydrogens is 350 g/mol. The molecule has 2 heterocycles. The van der Waals surface area contributed by atoms with Gasteiger partial charge in [-0.2, -0.15) is 0 Å². The first-order valence-electron chi connectivity index (χ1n) is 8.56. The summed E-state index contributed by atoms with van der Waals surface area (Å²) in [6.45, 7) is 6.79.